The Morgan fingerprint density at radius 3 is 2.76 bits per heavy atom. The van der Waals surface area contributed by atoms with Gasteiger partial charge in [-0.15, -0.1) is 0 Å². The zero-order chi connectivity index (χ0) is 12.3. The summed E-state index contributed by atoms with van der Waals surface area (Å²) in [7, 11) is 0. The number of pyridine rings is 2. The highest BCUT2D eigenvalue weighted by Gasteiger charge is 2.06. The molecule has 0 spiro atoms. The molecule has 0 aromatic carbocycles. The number of hydrogen-bond acceptors (Lipinski definition) is 4. The molecule has 0 bridgehead atoms. The first-order valence-corrected chi connectivity index (χ1v) is 5.51. The first kappa shape index (κ1) is 11.4. The zero-order valence-electron chi connectivity index (χ0n) is 9.97. The third-order valence-electron chi connectivity index (χ3n) is 2.35. The van der Waals surface area contributed by atoms with Gasteiger partial charge >= 0.3 is 0 Å². The Morgan fingerprint density at radius 2 is 2.06 bits per heavy atom. The summed E-state index contributed by atoms with van der Waals surface area (Å²) in [5.41, 5.74) is 9.25. The maximum absolute atomic E-state index is 5.95. The van der Waals surface area contributed by atoms with E-state index in [2.05, 4.69) is 9.97 Å². The van der Waals surface area contributed by atoms with E-state index in [0.717, 1.165) is 22.6 Å². The van der Waals surface area contributed by atoms with Crippen LogP contribution in [0.2, 0.25) is 0 Å². The lowest BCUT2D eigenvalue weighted by Crippen LogP contribution is -1.96. The fourth-order valence-electron chi connectivity index (χ4n) is 1.63. The Bertz CT molecular complexity index is 526. The molecule has 2 rings (SSSR count). The Morgan fingerprint density at radius 1 is 1.24 bits per heavy atom. The molecular weight excluding hydrogens is 214 g/mol. The Labute approximate surface area is 100 Å². The third-order valence-corrected chi connectivity index (χ3v) is 2.35. The minimum atomic E-state index is 0.613. The van der Waals surface area contributed by atoms with Crippen LogP contribution in [-0.4, -0.2) is 16.6 Å². The first-order valence-electron chi connectivity index (χ1n) is 5.51. The highest BCUT2D eigenvalue weighted by molar-refractivity contribution is 5.72. The summed E-state index contributed by atoms with van der Waals surface area (Å²) >= 11 is 0. The van der Waals surface area contributed by atoms with Gasteiger partial charge in [-0.25, -0.2) is 0 Å². The number of aryl methyl sites for hydroxylation is 1. The van der Waals surface area contributed by atoms with Crippen LogP contribution in [0.1, 0.15) is 12.5 Å². The molecule has 2 aromatic heterocycles. The van der Waals surface area contributed by atoms with E-state index < -0.39 is 0 Å². The number of nitrogen functional groups attached to an aromatic ring is 1. The molecule has 0 saturated carbocycles. The van der Waals surface area contributed by atoms with Crippen LogP contribution in [0.4, 0.5) is 5.69 Å². The monoisotopic (exact) mass is 229 g/mol. The van der Waals surface area contributed by atoms with Gasteiger partial charge in [0.05, 0.1) is 24.2 Å². The number of hydrogen-bond donors (Lipinski definition) is 1. The average molecular weight is 229 g/mol. The van der Waals surface area contributed by atoms with Crippen molar-refractivity contribution in [2.45, 2.75) is 13.8 Å². The van der Waals surface area contributed by atoms with E-state index >= 15 is 0 Å². The summed E-state index contributed by atoms with van der Waals surface area (Å²) in [4.78, 5) is 8.45. The molecule has 0 unspecified atom stereocenters. The molecule has 17 heavy (non-hydrogen) atoms. The molecule has 0 amide bonds. The third kappa shape index (κ3) is 2.53. The maximum Gasteiger partial charge on any atom is 0.138 e. The molecule has 88 valence electrons. The van der Waals surface area contributed by atoms with Crippen LogP contribution in [0.5, 0.6) is 5.75 Å². The molecule has 2 heterocycles. The zero-order valence-corrected chi connectivity index (χ0v) is 9.97. The fraction of sp³-hybridized carbons (Fsp3) is 0.231. The SMILES string of the molecule is CCOc1cncc(-c2ncc(C)cc2N)c1. The van der Waals surface area contributed by atoms with Gasteiger partial charge in [0.15, 0.2) is 0 Å². The van der Waals surface area contributed by atoms with Crippen LogP contribution >= 0.6 is 0 Å². The molecule has 4 nitrogen and oxygen atoms in total. The predicted octanol–water partition coefficient (Wildman–Crippen LogP) is 2.43. The number of rotatable bonds is 3. The smallest absolute Gasteiger partial charge is 0.138 e. The summed E-state index contributed by atoms with van der Waals surface area (Å²) in [6.45, 7) is 4.51. The Balaban J connectivity index is 2.42. The first-order chi connectivity index (χ1) is 8.20. The second-order valence-corrected chi connectivity index (χ2v) is 3.79. The van der Waals surface area contributed by atoms with Gasteiger partial charge in [0, 0.05) is 18.0 Å². The number of aromatic nitrogens is 2. The second kappa shape index (κ2) is 4.82. The van der Waals surface area contributed by atoms with Crippen LogP contribution in [0.15, 0.2) is 30.7 Å². The summed E-state index contributed by atoms with van der Waals surface area (Å²) in [6, 6.07) is 3.79. The molecule has 0 saturated heterocycles. The van der Waals surface area contributed by atoms with Gasteiger partial charge in [0.2, 0.25) is 0 Å². The van der Waals surface area contributed by atoms with Crippen LogP contribution in [0, 0.1) is 6.92 Å². The van der Waals surface area contributed by atoms with E-state index in [9.17, 15) is 0 Å². The van der Waals surface area contributed by atoms with Gasteiger partial charge < -0.3 is 10.5 Å². The quantitative estimate of drug-likeness (QED) is 0.878. The highest BCUT2D eigenvalue weighted by atomic mass is 16.5. The molecule has 2 N–H and O–H groups in total. The van der Waals surface area contributed by atoms with Crippen molar-refractivity contribution in [1.82, 2.24) is 9.97 Å². The van der Waals surface area contributed by atoms with Gasteiger partial charge in [-0.1, -0.05) is 0 Å². The summed E-state index contributed by atoms with van der Waals surface area (Å²) in [5.74, 6) is 0.728. The number of nitrogens with two attached hydrogens (primary N) is 1. The molecule has 4 heteroatoms. The van der Waals surface area contributed by atoms with Gasteiger partial charge in [0.25, 0.3) is 0 Å². The Hall–Kier alpha value is -2.10. The molecule has 0 aliphatic rings. The Kier molecular flexibility index (Phi) is 3.23. The van der Waals surface area contributed by atoms with Crippen LogP contribution in [0.25, 0.3) is 11.3 Å². The van der Waals surface area contributed by atoms with Crippen molar-refractivity contribution in [2.75, 3.05) is 12.3 Å². The van der Waals surface area contributed by atoms with Crippen molar-refractivity contribution in [2.24, 2.45) is 0 Å². The van der Waals surface area contributed by atoms with Crippen molar-refractivity contribution < 1.29 is 4.74 Å². The van der Waals surface area contributed by atoms with E-state index in [-0.39, 0.29) is 0 Å². The van der Waals surface area contributed by atoms with E-state index in [0.29, 0.717) is 12.3 Å². The standard InChI is InChI=1S/C13H15N3O/c1-3-17-11-5-10(7-15-8-11)13-12(14)4-9(2)6-16-13/h4-8H,3,14H2,1-2H3. The highest BCUT2D eigenvalue weighted by Crippen LogP contribution is 2.26. The lowest BCUT2D eigenvalue weighted by molar-refractivity contribution is 0.339. The van der Waals surface area contributed by atoms with Gasteiger partial charge in [-0.05, 0) is 31.5 Å². The molecule has 0 aliphatic heterocycles. The topological polar surface area (TPSA) is 61.0 Å². The molecule has 2 aromatic rings. The summed E-state index contributed by atoms with van der Waals surface area (Å²) in [5, 5.41) is 0. The molecule has 0 atom stereocenters. The summed E-state index contributed by atoms with van der Waals surface area (Å²) < 4.78 is 5.40. The van der Waals surface area contributed by atoms with Gasteiger partial charge in [-0.3, -0.25) is 9.97 Å². The van der Waals surface area contributed by atoms with E-state index in [1.807, 2.05) is 26.0 Å². The van der Waals surface area contributed by atoms with Crippen LogP contribution in [-0.2, 0) is 0 Å². The normalized spacial score (nSPS) is 10.2. The van der Waals surface area contributed by atoms with E-state index in [4.69, 9.17) is 10.5 Å². The average Bonchev–Trinajstić information content (AvgIpc) is 2.29. The van der Waals surface area contributed by atoms with Crippen molar-refractivity contribution in [3.05, 3.63) is 36.3 Å². The lowest BCUT2D eigenvalue weighted by atomic mass is 10.1. The van der Waals surface area contributed by atoms with Crippen molar-refractivity contribution in [1.29, 1.82) is 0 Å². The summed E-state index contributed by atoms with van der Waals surface area (Å²) in [6.07, 6.45) is 5.20. The molecule has 0 aliphatic carbocycles. The molecule has 0 radical (unpaired) electrons. The van der Waals surface area contributed by atoms with Crippen molar-refractivity contribution in [3.8, 4) is 17.0 Å². The fourth-order valence-corrected chi connectivity index (χ4v) is 1.63. The predicted molar refractivity (Wildman–Crippen MR) is 67.8 cm³/mol. The van der Waals surface area contributed by atoms with Crippen molar-refractivity contribution in [3.63, 3.8) is 0 Å². The molecule has 0 fully saturated rings. The minimum absolute atomic E-state index is 0.613. The van der Waals surface area contributed by atoms with Gasteiger partial charge in [-0.2, -0.15) is 0 Å². The second-order valence-electron chi connectivity index (χ2n) is 3.79. The number of nitrogens with zero attached hydrogens (tertiary/aromatic N) is 2. The van der Waals surface area contributed by atoms with E-state index in [1.165, 1.54) is 0 Å². The number of ether oxygens (including phenoxy) is 1. The largest absolute Gasteiger partial charge is 0.492 e. The maximum atomic E-state index is 5.95. The van der Waals surface area contributed by atoms with Crippen LogP contribution < -0.4 is 10.5 Å². The molecular formula is C13H15N3O. The van der Waals surface area contributed by atoms with Gasteiger partial charge in [0.1, 0.15) is 5.75 Å². The van der Waals surface area contributed by atoms with Crippen molar-refractivity contribution >= 4 is 5.69 Å². The van der Waals surface area contributed by atoms with E-state index in [1.54, 1.807) is 18.6 Å². The van der Waals surface area contributed by atoms with Crippen LogP contribution in [0.3, 0.4) is 0 Å². The number of anilines is 1. The lowest BCUT2D eigenvalue weighted by Gasteiger charge is -2.07. The minimum Gasteiger partial charge on any atom is -0.492 e.